The van der Waals surface area contributed by atoms with Gasteiger partial charge in [0.2, 0.25) is 0 Å². The zero-order chi connectivity index (χ0) is 25.5. The molecule has 0 amide bonds. The molecule has 0 aliphatic carbocycles. The molecule has 180 valence electrons. The van der Waals surface area contributed by atoms with Gasteiger partial charge in [-0.25, -0.2) is 0 Å². The van der Waals surface area contributed by atoms with Crippen molar-refractivity contribution in [1.29, 1.82) is 0 Å². The molecular weight excluding hydrogens is 470 g/mol. The zero-order valence-corrected chi connectivity index (χ0v) is 21.2. The Kier molecular flexibility index (Phi) is 4.11. The Morgan fingerprint density at radius 3 is 1.69 bits per heavy atom. The standard InChI is InChI=1S/C38H23N/c1-4-14-27-24(11-1)21-22-31-29-16-6-8-18-32(29)38-37(36(27)31)33-19-9-10-20-34(33)39(38)35-23-25-12-2-3-13-26(25)28-15-5-7-17-30(28)35/h1-23H. The first kappa shape index (κ1) is 20.9. The van der Waals surface area contributed by atoms with Crippen LogP contribution in [0.4, 0.5) is 0 Å². The van der Waals surface area contributed by atoms with E-state index < -0.39 is 0 Å². The molecule has 0 fully saturated rings. The number of nitrogens with zero attached hydrogens (tertiary/aromatic N) is 1. The lowest BCUT2D eigenvalue weighted by Gasteiger charge is -2.16. The van der Waals surface area contributed by atoms with E-state index in [-0.39, 0.29) is 0 Å². The lowest BCUT2D eigenvalue weighted by Crippen LogP contribution is -1.97. The summed E-state index contributed by atoms with van der Waals surface area (Å²) in [6.45, 7) is 0. The number of hydrogen-bond donors (Lipinski definition) is 0. The molecule has 1 aromatic heterocycles. The Morgan fingerprint density at radius 2 is 0.897 bits per heavy atom. The Labute approximate surface area is 225 Å². The molecule has 0 radical (unpaired) electrons. The summed E-state index contributed by atoms with van der Waals surface area (Å²) in [6.07, 6.45) is 0. The number of para-hydroxylation sites is 1. The molecule has 1 heteroatoms. The van der Waals surface area contributed by atoms with Crippen molar-refractivity contribution < 1.29 is 0 Å². The van der Waals surface area contributed by atoms with E-state index >= 15 is 0 Å². The smallest absolute Gasteiger partial charge is 0.0626 e. The van der Waals surface area contributed by atoms with Gasteiger partial charge in [-0.2, -0.15) is 0 Å². The second-order valence-corrected chi connectivity index (χ2v) is 10.5. The molecule has 0 bridgehead atoms. The highest BCUT2D eigenvalue weighted by Gasteiger charge is 2.21. The summed E-state index contributed by atoms with van der Waals surface area (Å²) in [6, 6.07) is 51.2. The average molecular weight is 494 g/mol. The van der Waals surface area contributed by atoms with Gasteiger partial charge in [0.15, 0.2) is 0 Å². The van der Waals surface area contributed by atoms with Crippen molar-refractivity contribution in [2.45, 2.75) is 0 Å². The summed E-state index contributed by atoms with van der Waals surface area (Å²) in [5, 5.41) is 15.5. The van der Waals surface area contributed by atoms with Gasteiger partial charge >= 0.3 is 0 Å². The maximum Gasteiger partial charge on any atom is 0.0626 e. The lowest BCUT2D eigenvalue weighted by atomic mass is 9.93. The van der Waals surface area contributed by atoms with Gasteiger partial charge in [0.1, 0.15) is 0 Å². The lowest BCUT2D eigenvalue weighted by molar-refractivity contribution is 1.21. The van der Waals surface area contributed by atoms with Crippen LogP contribution < -0.4 is 0 Å². The maximum absolute atomic E-state index is 2.53. The third kappa shape index (κ3) is 2.74. The first-order valence-corrected chi connectivity index (χ1v) is 13.5. The molecule has 0 N–H and O–H groups in total. The average Bonchev–Trinajstić information content (AvgIpc) is 3.36. The van der Waals surface area contributed by atoms with E-state index in [0.29, 0.717) is 0 Å². The van der Waals surface area contributed by atoms with Crippen LogP contribution in [0.25, 0.3) is 81.4 Å². The monoisotopic (exact) mass is 493 g/mol. The molecule has 1 heterocycles. The molecular formula is C38H23N. The van der Waals surface area contributed by atoms with Crippen LogP contribution in [0.1, 0.15) is 0 Å². The van der Waals surface area contributed by atoms with Gasteiger partial charge in [-0.05, 0) is 49.8 Å². The van der Waals surface area contributed by atoms with Gasteiger partial charge in [0.05, 0.1) is 16.7 Å². The highest BCUT2D eigenvalue weighted by molar-refractivity contribution is 6.37. The number of benzene rings is 8. The van der Waals surface area contributed by atoms with Crippen LogP contribution in [0.2, 0.25) is 0 Å². The second-order valence-electron chi connectivity index (χ2n) is 10.5. The summed E-state index contributed by atoms with van der Waals surface area (Å²) in [7, 11) is 0. The van der Waals surface area contributed by atoms with Crippen LogP contribution >= 0.6 is 0 Å². The minimum absolute atomic E-state index is 1.22. The van der Waals surface area contributed by atoms with Crippen LogP contribution in [0.5, 0.6) is 0 Å². The van der Waals surface area contributed by atoms with E-state index in [4.69, 9.17) is 0 Å². The Hall–Kier alpha value is -5.14. The van der Waals surface area contributed by atoms with Gasteiger partial charge < -0.3 is 4.57 Å². The third-order valence-corrected chi connectivity index (χ3v) is 8.51. The largest absolute Gasteiger partial charge is 0.308 e. The molecule has 0 saturated heterocycles. The normalized spacial score (nSPS) is 12.1. The van der Waals surface area contributed by atoms with Crippen LogP contribution in [-0.4, -0.2) is 4.57 Å². The van der Waals surface area contributed by atoms with E-state index in [9.17, 15) is 0 Å². The van der Waals surface area contributed by atoms with E-state index in [1.165, 1.54) is 81.4 Å². The van der Waals surface area contributed by atoms with Crippen LogP contribution in [0, 0.1) is 0 Å². The first-order chi connectivity index (χ1) is 19.4. The van der Waals surface area contributed by atoms with Gasteiger partial charge in [-0.15, -0.1) is 0 Å². The van der Waals surface area contributed by atoms with Crippen molar-refractivity contribution >= 4 is 75.7 Å². The fraction of sp³-hybridized carbons (Fsp3) is 0. The van der Waals surface area contributed by atoms with E-state index in [1.807, 2.05) is 0 Å². The molecule has 9 rings (SSSR count). The Bertz CT molecular complexity index is 2440. The summed E-state index contributed by atoms with van der Waals surface area (Å²) in [4.78, 5) is 0. The molecule has 8 aromatic carbocycles. The summed E-state index contributed by atoms with van der Waals surface area (Å²) < 4.78 is 2.53. The second kappa shape index (κ2) is 7.69. The van der Waals surface area contributed by atoms with Gasteiger partial charge in [0, 0.05) is 26.9 Å². The first-order valence-electron chi connectivity index (χ1n) is 13.5. The number of fused-ring (bicyclic) bond motifs is 13. The quantitative estimate of drug-likeness (QED) is 0.200. The number of rotatable bonds is 1. The Balaban J connectivity index is 1.63. The maximum atomic E-state index is 2.53. The highest BCUT2D eigenvalue weighted by Crippen LogP contribution is 2.45. The fourth-order valence-electron chi connectivity index (χ4n) is 6.91. The molecule has 0 spiro atoms. The van der Waals surface area contributed by atoms with E-state index in [1.54, 1.807) is 0 Å². The molecule has 0 atom stereocenters. The van der Waals surface area contributed by atoms with Crippen molar-refractivity contribution in [2.24, 2.45) is 0 Å². The summed E-state index contributed by atoms with van der Waals surface area (Å²) >= 11 is 0. The van der Waals surface area contributed by atoms with Crippen molar-refractivity contribution in [3.05, 3.63) is 140 Å². The van der Waals surface area contributed by atoms with Crippen molar-refractivity contribution in [1.82, 2.24) is 4.57 Å². The van der Waals surface area contributed by atoms with Gasteiger partial charge in [-0.3, -0.25) is 0 Å². The SMILES string of the molecule is c1ccc2c(c1)cc(-n1c3ccccc3c3c4c5ccccc5ccc4c4ccccc4c31)c1ccccc12. The molecule has 0 aliphatic heterocycles. The zero-order valence-electron chi connectivity index (χ0n) is 21.2. The highest BCUT2D eigenvalue weighted by atomic mass is 15.0. The molecule has 9 aromatic rings. The summed E-state index contributed by atoms with van der Waals surface area (Å²) in [5.74, 6) is 0. The Morgan fingerprint density at radius 1 is 0.333 bits per heavy atom. The molecule has 1 nitrogen and oxygen atoms in total. The van der Waals surface area contributed by atoms with Crippen LogP contribution in [-0.2, 0) is 0 Å². The van der Waals surface area contributed by atoms with Crippen molar-refractivity contribution in [3.63, 3.8) is 0 Å². The van der Waals surface area contributed by atoms with Crippen molar-refractivity contribution in [3.8, 4) is 5.69 Å². The topological polar surface area (TPSA) is 4.93 Å². The minimum atomic E-state index is 1.22. The van der Waals surface area contributed by atoms with Gasteiger partial charge in [0.25, 0.3) is 0 Å². The third-order valence-electron chi connectivity index (χ3n) is 8.51. The predicted octanol–water partition coefficient (Wildman–Crippen LogP) is 10.5. The summed E-state index contributed by atoms with van der Waals surface area (Å²) in [5.41, 5.74) is 3.73. The van der Waals surface area contributed by atoms with Crippen molar-refractivity contribution in [2.75, 3.05) is 0 Å². The number of aromatic nitrogens is 1. The molecule has 39 heavy (non-hydrogen) atoms. The minimum Gasteiger partial charge on any atom is -0.308 e. The number of hydrogen-bond acceptors (Lipinski definition) is 0. The van der Waals surface area contributed by atoms with E-state index in [0.717, 1.165) is 0 Å². The molecule has 0 aliphatic rings. The van der Waals surface area contributed by atoms with Crippen LogP contribution in [0.3, 0.4) is 0 Å². The fourth-order valence-corrected chi connectivity index (χ4v) is 6.91. The molecule has 0 unspecified atom stereocenters. The van der Waals surface area contributed by atoms with Gasteiger partial charge in [-0.1, -0.05) is 127 Å². The molecule has 0 saturated carbocycles. The van der Waals surface area contributed by atoms with E-state index in [2.05, 4.69) is 144 Å². The van der Waals surface area contributed by atoms with Crippen LogP contribution in [0.15, 0.2) is 140 Å². The predicted molar refractivity (Wildman–Crippen MR) is 168 cm³/mol.